The van der Waals surface area contributed by atoms with Gasteiger partial charge in [0.25, 0.3) is 0 Å². The average molecular weight is 308 g/mol. The van der Waals surface area contributed by atoms with E-state index in [-0.39, 0.29) is 0 Å². The lowest BCUT2D eigenvalue weighted by molar-refractivity contribution is 0.0875. The molecule has 2 saturated heterocycles. The van der Waals surface area contributed by atoms with E-state index in [0.29, 0.717) is 11.3 Å². The lowest BCUT2D eigenvalue weighted by atomic mass is 10.1. The molecule has 2 aliphatic heterocycles. The van der Waals surface area contributed by atoms with E-state index in [1.165, 1.54) is 6.42 Å². The second kappa shape index (κ2) is 7.31. The Balaban J connectivity index is 1.64. The van der Waals surface area contributed by atoms with Crippen molar-refractivity contribution in [3.05, 3.63) is 12.3 Å². The number of aromatic nitrogens is 2. The molecule has 0 spiro atoms. The van der Waals surface area contributed by atoms with Crippen LogP contribution in [0.25, 0.3) is 0 Å². The normalized spacial score (nSPS) is 26.6. The smallest absolute Gasteiger partial charge is 0.227 e. The highest BCUT2D eigenvalue weighted by Crippen LogP contribution is 2.24. The predicted octanol–water partition coefficient (Wildman–Crippen LogP) is 2.40. The lowest BCUT2D eigenvalue weighted by Crippen LogP contribution is -2.38. The van der Waals surface area contributed by atoms with Gasteiger partial charge in [0.2, 0.25) is 5.95 Å². The Kier molecular flexibility index (Phi) is 5.19. The maximum atomic E-state index is 5.51. The molecule has 1 N–H and O–H groups in total. The summed E-state index contributed by atoms with van der Waals surface area (Å²) in [7, 11) is 0. The van der Waals surface area contributed by atoms with Crippen molar-refractivity contribution in [2.45, 2.75) is 37.5 Å². The van der Waals surface area contributed by atoms with Crippen molar-refractivity contribution in [1.29, 1.82) is 0 Å². The van der Waals surface area contributed by atoms with Crippen LogP contribution in [0.5, 0.6) is 0 Å². The van der Waals surface area contributed by atoms with Gasteiger partial charge in [-0.2, -0.15) is 16.7 Å². The van der Waals surface area contributed by atoms with Crippen molar-refractivity contribution in [3.8, 4) is 0 Å². The SMILES string of the molecule is CC[C@@H]1CN(c2nccc(N[C@H]3CCCOC3)n2)CCS1. The molecule has 0 unspecified atom stereocenters. The van der Waals surface area contributed by atoms with Crippen LogP contribution in [-0.4, -0.2) is 53.3 Å². The fourth-order valence-electron chi connectivity index (χ4n) is 2.79. The monoisotopic (exact) mass is 308 g/mol. The van der Waals surface area contributed by atoms with Gasteiger partial charge in [-0.05, 0) is 25.3 Å². The van der Waals surface area contributed by atoms with Crippen LogP contribution in [-0.2, 0) is 4.74 Å². The number of hydrogen-bond donors (Lipinski definition) is 1. The van der Waals surface area contributed by atoms with E-state index in [2.05, 4.69) is 33.9 Å². The van der Waals surface area contributed by atoms with Crippen LogP contribution in [0.1, 0.15) is 26.2 Å². The lowest BCUT2D eigenvalue weighted by Gasteiger charge is -2.32. The number of nitrogens with one attached hydrogen (secondary N) is 1. The Bertz CT molecular complexity index is 453. The first kappa shape index (κ1) is 14.9. The summed E-state index contributed by atoms with van der Waals surface area (Å²) in [6.07, 6.45) is 5.34. The van der Waals surface area contributed by atoms with Crippen molar-refractivity contribution >= 4 is 23.5 Å². The highest BCUT2D eigenvalue weighted by Gasteiger charge is 2.21. The zero-order chi connectivity index (χ0) is 14.5. The van der Waals surface area contributed by atoms with Gasteiger partial charge in [-0.3, -0.25) is 0 Å². The molecular formula is C15H24N4OS. The molecule has 116 valence electrons. The molecule has 2 fully saturated rings. The fourth-order valence-corrected chi connectivity index (χ4v) is 3.97. The molecule has 2 aliphatic rings. The highest BCUT2D eigenvalue weighted by molar-refractivity contribution is 8.00. The quantitative estimate of drug-likeness (QED) is 0.922. The zero-order valence-electron chi connectivity index (χ0n) is 12.6. The third-order valence-electron chi connectivity index (χ3n) is 4.03. The van der Waals surface area contributed by atoms with Gasteiger partial charge in [0.15, 0.2) is 0 Å². The summed E-state index contributed by atoms with van der Waals surface area (Å²) in [4.78, 5) is 11.5. The Morgan fingerprint density at radius 2 is 2.48 bits per heavy atom. The Morgan fingerprint density at radius 3 is 3.29 bits per heavy atom. The van der Waals surface area contributed by atoms with Crippen LogP contribution in [0, 0.1) is 0 Å². The fraction of sp³-hybridized carbons (Fsp3) is 0.733. The molecule has 0 saturated carbocycles. The van der Waals surface area contributed by atoms with E-state index in [1.807, 2.05) is 12.3 Å². The number of ether oxygens (including phenoxy) is 1. The van der Waals surface area contributed by atoms with E-state index in [0.717, 1.165) is 56.7 Å². The highest BCUT2D eigenvalue weighted by atomic mass is 32.2. The van der Waals surface area contributed by atoms with Crippen LogP contribution in [0.4, 0.5) is 11.8 Å². The van der Waals surface area contributed by atoms with Gasteiger partial charge in [-0.1, -0.05) is 6.92 Å². The van der Waals surface area contributed by atoms with Gasteiger partial charge < -0.3 is 15.0 Å². The van der Waals surface area contributed by atoms with Crippen LogP contribution < -0.4 is 10.2 Å². The third kappa shape index (κ3) is 4.01. The van der Waals surface area contributed by atoms with Gasteiger partial charge >= 0.3 is 0 Å². The maximum Gasteiger partial charge on any atom is 0.227 e. The molecule has 2 atom stereocenters. The Morgan fingerprint density at radius 1 is 1.52 bits per heavy atom. The standard InChI is InChI=1S/C15H24N4OS/c1-2-13-10-19(7-9-21-13)15-16-6-5-14(18-15)17-12-4-3-8-20-11-12/h5-6,12-13H,2-4,7-11H2,1H3,(H,16,17,18)/t12-,13+/m0/s1. The second-order valence-electron chi connectivity index (χ2n) is 5.65. The van der Waals surface area contributed by atoms with E-state index in [1.54, 1.807) is 0 Å². The number of nitrogens with zero attached hydrogens (tertiary/aromatic N) is 3. The first-order chi connectivity index (χ1) is 10.3. The second-order valence-corrected chi connectivity index (χ2v) is 7.06. The largest absolute Gasteiger partial charge is 0.379 e. The predicted molar refractivity (Wildman–Crippen MR) is 88.2 cm³/mol. The first-order valence-electron chi connectivity index (χ1n) is 7.89. The average Bonchev–Trinajstić information content (AvgIpc) is 2.56. The minimum Gasteiger partial charge on any atom is -0.379 e. The topological polar surface area (TPSA) is 50.3 Å². The molecule has 1 aromatic heterocycles. The number of thioether (sulfide) groups is 1. The third-order valence-corrected chi connectivity index (χ3v) is 5.40. The van der Waals surface area contributed by atoms with Gasteiger partial charge in [0.05, 0.1) is 12.6 Å². The molecule has 0 radical (unpaired) electrons. The summed E-state index contributed by atoms with van der Waals surface area (Å²) < 4.78 is 5.51. The summed E-state index contributed by atoms with van der Waals surface area (Å²) >= 11 is 2.06. The first-order valence-corrected chi connectivity index (χ1v) is 8.94. The Hall–Kier alpha value is -1.01. The summed E-state index contributed by atoms with van der Waals surface area (Å²) in [6.45, 7) is 6.01. The van der Waals surface area contributed by atoms with Crippen molar-refractivity contribution in [3.63, 3.8) is 0 Å². The molecular weight excluding hydrogens is 284 g/mol. The number of anilines is 2. The van der Waals surface area contributed by atoms with Crippen LogP contribution in [0.3, 0.4) is 0 Å². The molecule has 0 aromatic carbocycles. The van der Waals surface area contributed by atoms with Crippen LogP contribution >= 0.6 is 11.8 Å². The van der Waals surface area contributed by atoms with Gasteiger partial charge in [0.1, 0.15) is 5.82 Å². The Labute approximate surface area is 130 Å². The van der Waals surface area contributed by atoms with Crippen molar-refractivity contribution in [2.75, 3.05) is 42.3 Å². The van der Waals surface area contributed by atoms with Crippen molar-refractivity contribution in [1.82, 2.24) is 9.97 Å². The van der Waals surface area contributed by atoms with E-state index >= 15 is 0 Å². The summed E-state index contributed by atoms with van der Waals surface area (Å²) in [5.41, 5.74) is 0. The van der Waals surface area contributed by atoms with E-state index in [9.17, 15) is 0 Å². The van der Waals surface area contributed by atoms with Crippen LogP contribution in [0.15, 0.2) is 12.3 Å². The molecule has 0 amide bonds. The minimum absolute atomic E-state index is 0.377. The van der Waals surface area contributed by atoms with Crippen molar-refractivity contribution in [2.24, 2.45) is 0 Å². The summed E-state index contributed by atoms with van der Waals surface area (Å²) in [6, 6.07) is 2.33. The molecule has 3 rings (SSSR count). The van der Waals surface area contributed by atoms with Gasteiger partial charge in [0, 0.05) is 36.9 Å². The van der Waals surface area contributed by atoms with Gasteiger partial charge in [-0.15, -0.1) is 0 Å². The molecule has 3 heterocycles. The zero-order valence-corrected chi connectivity index (χ0v) is 13.4. The van der Waals surface area contributed by atoms with Gasteiger partial charge in [-0.25, -0.2) is 4.98 Å². The summed E-state index contributed by atoms with van der Waals surface area (Å²) in [5, 5.41) is 4.18. The number of rotatable bonds is 4. The number of hydrogen-bond acceptors (Lipinski definition) is 6. The molecule has 0 bridgehead atoms. The molecule has 6 heteroatoms. The van der Waals surface area contributed by atoms with E-state index < -0.39 is 0 Å². The molecule has 21 heavy (non-hydrogen) atoms. The molecule has 5 nitrogen and oxygen atoms in total. The molecule has 0 aliphatic carbocycles. The maximum absolute atomic E-state index is 5.51. The van der Waals surface area contributed by atoms with E-state index in [4.69, 9.17) is 9.72 Å². The van der Waals surface area contributed by atoms with Crippen LogP contribution in [0.2, 0.25) is 0 Å². The van der Waals surface area contributed by atoms with Crippen molar-refractivity contribution < 1.29 is 4.74 Å². The summed E-state index contributed by atoms with van der Waals surface area (Å²) in [5.74, 6) is 2.94. The molecule has 1 aromatic rings. The minimum atomic E-state index is 0.377.